The molecule has 1 aromatic carbocycles. The molecule has 0 saturated carbocycles. The molecule has 0 bridgehead atoms. The van der Waals surface area contributed by atoms with Crippen LogP contribution in [0.5, 0.6) is 5.75 Å². The number of ether oxygens (including phenoxy) is 2. The van der Waals surface area contributed by atoms with Crippen LogP contribution in [0, 0.1) is 0 Å². The Morgan fingerprint density at radius 1 is 1.15 bits per heavy atom. The Morgan fingerprint density at radius 2 is 1.89 bits per heavy atom. The Balaban J connectivity index is 2.44. The molecule has 0 aliphatic heterocycles. The van der Waals surface area contributed by atoms with Gasteiger partial charge in [-0.3, -0.25) is 9.59 Å². The van der Waals surface area contributed by atoms with Crippen molar-refractivity contribution >= 4 is 27.6 Å². The van der Waals surface area contributed by atoms with Gasteiger partial charge in [-0.05, 0) is 24.3 Å². The van der Waals surface area contributed by atoms with Gasteiger partial charge in [0.15, 0.2) is 0 Å². The number of carbonyl (C=O) groups excluding carboxylic acids is 3. The number of pyridine rings is 1. The maximum Gasteiger partial charge on any atom is 0.338 e. The van der Waals surface area contributed by atoms with Crippen molar-refractivity contribution in [2.24, 2.45) is 4.36 Å². The average Bonchev–Trinajstić information content (AvgIpc) is 2.62. The highest BCUT2D eigenvalue weighted by atomic mass is 32.2. The van der Waals surface area contributed by atoms with Crippen molar-refractivity contribution in [3.63, 3.8) is 0 Å². The second kappa shape index (κ2) is 8.54. The molecule has 0 fully saturated rings. The van der Waals surface area contributed by atoms with Gasteiger partial charge in [0, 0.05) is 24.9 Å². The third-order valence-corrected chi connectivity index (χ3v) is 4.99. The van der Waals surface area contributed by atoms with E-state index in [2.05, 4.69) is 9.35 Å². The van der Waals surface area contributed by atoms with Gasteiger partial charge in [-0.15, -0.1) is 0 Å². The highest BCUT2D eigenvalue weighted by molar-refractivity contribution is 7.93. The van der Waals surface area contributed by atoms with Crippen molar-refractivity contribution in [1.29, 1.82) is 0 Å². The van der Waals surface area contributed by atoms with E-state index in [1.807, 2.05) is 0 Å². The van der Waals surface area contributed by atoms with E-state index >= 15 is 0 Å². The zero-order valence-electron chi connectivity index (χ0n) is 15.0. The normalized spacial score (nSPS) is 12.6. The maximum absolute atomic E-state index is 12.7. The molecule has 1 aromatic heterocycles. The van der Waals surface area contributed by atoms with Gasteiger partial charge >= 0.3 is 11.9 Å². The van der Waals surface area contributed by atoms with Gasteiger partial charge in [-0.1, -0.05) is 12.1 Å². The summed E-state index contributed by atoms with van der Waals surface area (Å²) in [6, 6.07) is 9.16. The van der Waals surface area contributed by atoms with Gasteiger partial charge < -0.3 is 9.47 Å². The van der Waals surface area contributed by atoms with E-state index in [-0.39, 0.29) is 21.9 Å². The predicted octanol–water partition coefficient (Wildman–Crippen LogP) is 2.02. The minimum Gasteiger partial charge on any atom is -0.465 e. The third kappa shape index (κ3) is 5.20. The lowest BCUT2D eigenvalue weighted by atomic mass is 10.0. The number of amides is 1. The summed E-state index contributed by atoms with van der Waals surface area (Å²) in [5.74, 6) is -2.03. The minimum absolute atomic E-state index is 0.0365. The minimum atomic E-state index is -3.06. The molecule has 0 saturated heterocycles. The molecule has 1 unspecified atom stereocenters. The van der Waals surface area contributed by atoms with Crippen molar-refractivity contribution in [3.05, 3.63) is 53.7 Å². The van der Waals surface area contributed by atoms with E-state index in [0.29, 0.717) is 0 Å². The first-order valence-corrected chi connectivity index (χ1v) is 9.71. The van der Waals surface area contributed by atoms with E-state index in [0.717, 1.165) is 0 Å². The van der Waals surface area contributed by atoms with Crippen LogP contribution in [0.3, 0.4) is 0 Å². The van der Waals surface area contributed by atoms with Gasteiger partial charge in [0.1, 0.15) is 10.8 Å². The van der Waals surface area contributed by atoms with E-state index in [9.17, 15) is 18.6 Å². The van der Waals surface area contributed by atoms with E-state index < -0.39 is 34.0 Å². The van der Waals surface area contributed by atoms with Crippen molar-refractivity contribution in [2.45, 2.75) is 18.4 Å². The van der Waals surface area contributed by atoms with Crippen LogP contribution in [0.25, 0.3) is 0 Å². The largest absolute Gasteiger partial charge is 0.465 e. The fraction of sp³-hybridized carbons (Fsp3) is 0.222. The van der Waals surface area contributed by atoms with E-state index in [1.54, 1.807) is 12.1 Å². The van der Waals surface area contributed by atoms with Crippen LogP contribution >= 0.6 is 0 Å². The quantitative estimate of drug-likeness (QED) is 0.567. The summed E-state index contributed by atoms with van der Waals surface area (Å²) in [5.41, 5.74) is 0.185. The molecular formula is C18H18N2O6S. The van der Waals surface area contributed by atoms with E-state index in [1.165, 1.54) is 50.8 Å². The first kappa shape index (κ1) is 20.2. The Bertz CT molecular complexity index is 994. The van der Waals surface area contributed by atoms with Gasteiger partial charge in [0.2, 0.25) is 0 Å². The van der Waals surface area contributed by atoms with Crippen LogP contribution in [-0.2, 0) is 30.5 Å². The molecule has 2 aromatic rings. The number of hydrogen-bond donors (Lipinski definition) is 0. The fourth-order valence-electron chi connectivity index (χ4n) is 2.30. The van der Waals surface area contributed by atoms with Crippen LogP contribution in [0.2, 0.25) is 0 Å². The molecule has 8 nitrogen and oxygen atoms in total. The molecule has 0 N–H and O–H groups in total. The third-order valence-electron chi connectivity index (χ3n) is 3.42. The summed E-state index contributed by atoms with van der Waals surface area (Å²) in [7, 11) is -1.87. The molecule has 1 atom stereocenters. The highest BCUT2D eigenvalue weighted by Crippen LogP contribution is 2.25. The Morgan fingerprint density at radius 3 is 2.48 bits per heavy atom. The number of nitrogens with zero attached hydrogens (tertiary/aromatic N) is 2. The second-order valence-corrected chi connectivity index (χ2v) is 7.71. The number of benzene rings is 1. The van der Waals surface area contributed by atoms with E-state index in [4.69, 9.17) is 9.47 Å². The molecule has 0 aliphatic carbocycles. The lowest BCUT2D eigenvalue weighted by Gasteiger charge is -2.12. The number of methoxy groups -OCH3 is 1. The van der Waals surface area contributed by atoms with Gasteiger partial charge in [0.25, 0.3) is 5.91 Å². The molecular weight excluding hydrogens is 372 g/mol. The van der Waals surface area contributed by atoms with Gasteiger partial charge in [-0.2, -0.15) is 4.36 Å². The molecule has 1 amide bonds. The average molecular weight is 390 g/mol. The topological polar surface area (TPSA) is 112 Å². The first-order valence-electron chi connectivity index (χ1n) is 7.79. The Labute approximate surface area is 156 Å². The Kier molecular flexibility index (Phi) is 6.40. The number of esters is 2. The summed E-state index contributed by atoms with van der Waals surface area (Å²) in [6.07, 6.45) is 2.35. The monoisotopic (exact) mass is 390 g/mol. The summed E-state index contributed by atoms with van der Waals surface area (Å²) >= 11 is 0. The standard InChI is InChI=1S/C18H18N2O6S/c1-12(21)26-15-8-6-7-13(18(23)25-2)14(15)11-16(22)20-27(3,24)17-9-4-5-10-19-17/h4-10H,11H2,1-3H3. The zero-order chi connectivity index (χ0) is 20.0. The predicted molar refractivity (Wildman–Crippen MR) is 96.8 cm³/mol. The van der Waals surface area contributed by atoms with Crippen LogP contribution in [0.15, 0.2) is 52.0 Å². The molecule has 0 aliphatic rings. The van der Waals surface area contributed by atoms with Crippen LogP contribution in [0.4, 0.5) is 0 Å². The number of aromatic nitrogens is 1. The van der Waals surface area contributed by atoms with Crippen molar-refractivity contribution in [2.75, 3.05) is 13.4 Å². The molecule has 2 rings (SSSR count). The van der Waals surface area contributed by atoms with Crippen LogP contribution in [-0.4, -0.2) is 40.4 Å². The number of carbonyl (C=O) groups is 3. The van der Waals surface area contributed by atoms with Crippen LogP contribution < -0.4 is 4.74 Å². The molecule has 0 radical (unpaired) electrons. The summed E-state index contributed by atoms with van der Waals surface area (Å²) in [5, 5.41) is 0.166. The maximum atomic E-state index is 12.7. The summed E-state index contributed by atoms with van der Waals surface area (Å²) < 4.78 is 26.2. The van der Waals surface area contributed by atoms with Crippen molar-refractivity contribution < 1.29 is 28.1 Å². The number of hydrogen-bond acceptors (Lipinski definition) is 7. The zero-order valence-corrected chi connectivity index (χ0v) is 15.8. The molecule has 0 spiro atoms. The SMILES string of the molecule is COC(=O)c1cccc(OC(C)=O)c1CC(=O)N=S(C)(=O)c1ccccn1. The molecule has 9 heteroatoms. The summed E-state index contributed by atoms with van der Waals surface area (Å²) in [6.45, 7) is 1.20. The lowest BCUT2D eigenvalue weighted by Crippen LogP contribution is -2.14. The number of rotatable bonds is 5. The Hall–Kier alpha value is -3.07. The van der Waals surface area contributed by atoms with Gasteiger partial charge in [0.05, 0.1) is 28.8 Å². The van der Waals surface area contributed by atoms with Crippen molar-refractivity contribution in [1.82, 2.24) is 4.98 Å². The molecule has 142 valence electrons. The van der Waals surface area contributed by atoms with Gasteiger partial charge in [-0.25, -0.2) is 14.0 Å². The highest BCUT2D eigenvalue weighted by Gasteiger charge is 2.21. The smallest absolute Gasteiger partial charge is 0.338 e. The molecule has 27 heavy (non-hydrogen) atoms. The first-order chi connectivity index (χ1) is 12.7. The summed E-state index contributed by atoms with van der Waals surface area (Å²) in [4.78, 5) is 39.7. The van der Waals surface area contributed by atoms with Crippen molar-refractivity contribution in [3.8, 4) is 5.75 Å². The lowest BCUT2D eigenvalue weighted by molar-refractivity contribution is -0.132. The van der Waals surface area contributed by atoms with Crippen LogP contribution in [0.1, 0.15) is 22.8 Å². The second-order valence-electron chi connectivity index (χ2n) is 5.50. The fourth-order valence-corrected chi connectivity index (χ4v) is 3.43. The molecule has 1 heterocycles.